The van der Waals surface area contributed by atoms with E-state index in [1.165, 1.54) is 9.47 Å². The molecule has 8 heteroatoms. The topological polar surface area (TPSA) is 92.4 Å². The Morgan fingerprint density at radius 3 is 2.65 bits per heavy atom. The monoisotopic (exact) mass is 243 g/mol. The van der Waals surface area contributed by atoms with Gasteiger partial charge >= 0.3 is 11.7 Å². The van der Waals surface area contributed by atoms with Crippen LogP contribution in [0.4, 0.5) is 5.95 Å². The maximum atomic E-state index is 11.7. The van der Waals surface area contributed by atoms with Gasteiger partial charge in [-0.1, -0.05) is 0 Å². The number of carbonyl (C=O) groups is 1. The first-order chi connectivity index (χ1) is 7.82. The zero-order valence-electron chi connectivity index (χ0n) is 10.3. The fourth-order valence-electron chi connectivity index (χ4n) is 1.36. The van der Waals surface area contributed by atoms with Gasteiger partial charge in [-0.2, -0.15) is 0 Å². The lowest BCUT2D eigenvalue weighted by Gasteiger charge is -2.13. The molecule has 0 aliphatic carbocycles. The number of nitrogens with zero attached hydrogens (tertiary/aromatic N) is 4. The van der Waals surface area contributed by atoms with Crippen LogP contribution in [0.3, 0.4) is 0 Å². The number of carboxylic acids is 1. The molecule has 0 amide bonds. The van der Waals surface area contributed by atoms with Crippen LogP contribution in [-0.4, -0.2) is 45.2 Å². The van der Waals surface area contributed by atoms with Crippen LogP contribution in [0, 0.1) is 0 Å². The molecule has 0 atom stereocenters. The summed E-state index contributed by atoms with van der Waals surface area (Å²) >= 11 is 0. The van der Waals surface area contributed by atoms with E-state index >= 15 is 0 Å². The molecule has 17 heavy (non-hydrogen) atoms. The number of rotatable bonds is 5. The van der Waals surface area contributed by atoms with Gasteiger partial charge in [0.15, 0.2) is 0 Å². The van der Waals surface area contributed by atoms with Gasteiger partial charge in [0, 0.05) is 20.1 Å². The van der Waals surface area contributed by atoms with Gasteiger partial charge in [0.1, 0.15) is 6.54 Å². The summed E-state index contributed by atoms with van der Waals surface area (Å²) in [5, 5.41) is 12.7. The van der Waals surface area contributed by atoms with E-state index in [-0.39, 0.29) is 18.3 Å². The van der Waals surface area contributed by atoms with Crippen molar-refractivity contribution in [1.29, 1.82) is 0 Å². The third-order valence-electron chi connectivity index (χ3n) is 2.05. The standard InChI is InChI=1S/C9H17N5O3/c1-6(2)10-14-9(17)13(4)8(11-14)12(3)5-7(15)16/h6,10H,5H2,1-4H3,(H,15,16). The molecule has 1 heterocycles. The van der Waals surface area contributed by atoms with Crippen molar-refractivity contribution >= 4 is 11.9 Å². The summed E-state index contributed by atoms with van der Waals surface area (Å²) in [6.45, 7) is 3.54. The summed E-state index contributed by atoms with van der Waals surface area (Å²) in [6, 6.07) is 0.0558. The Balaban J connectivity index is 3.02. The second-order valence-electron chi connectivity index (χ2n) is 4.09. The van der Waals surface area contributed by atoms with Gasteiger partial charge in [-0.3, -0.25) is 9.36 Å². The molecule has 0 saturated heterocycles. The molecule has 0 fully saturated rings. The Hall–Kier alpha value is -1.99. The summed E-state index contributed by atoms with van der Waals surface area (Å²) in [5.74, 6) is -0.683. The number of hydrogen-bond acceptors (Lipinski definition) is 5. The van der Waals surface area contributed by atoms with Crippen LogP contribution in [0.15, 0.2) is 4.79 Å². The predicted molar refractivity (Wildman–Crippen MR) is 62.9 cm³/mol. The molecule has 2 N–H and O–H groups in total. The molecule has 0 aliphatic heterocycles. The van der Waals surface area contributed by atoms with Gasteiger partial charge in [0.25, 0.3) is 0 Å². The van der Waals surface area contributed by atoms with Gasteiger partial charge in [-0.15, -0.1) is 9.89 Å². The van der Waals surface area contributed by atoms with Crippen molar-refractivity contribution in [3.05, 3.63) is 10.5 Å². The molecule has 1 aromatic heterocycles. The molecule has 0 aliphatic rings. The number of carboxylic acid groups (broad SMARTS) is 1. The van der Waals surface area contributed by atoms with E-state index in [9.17, 15) is 9.59 Å². The number of aliphatic carboxylic acids is 1. The molecule has 8 nitrogen and oxygen atoms in total. The number of hydrogen-bond donors (Lipinski definition) is 2. The minimum atomic E-state index is -0.980. The lowest BCUT2D eigenvalue weighted by Crippen LogP contribution is -2.34. The van der Waals surface area contributed by atoms with Gasteiger partial charge in [0.2, 0.25) is 5.95 Å². The highest BCUT2D eigenvalue weighted by Gasteiger charge is 2.16. The smallest absolute Gasteiger partial charge is 0.366 e. The fraction of sp³-hybridized carbons (Fsp3) is 0.667. The molecule has 0 aromatic carbocycles. The molecule has 1 rings (SSSR count). The van der Waals surface area contributed by atoms with Crippen LogP contribution in [0.25, 0.3) is 0 Å². The average Bonchev–Trinajstić information content (AvgIpc) is 2.44. The zero-order chi connectivity index (χ0) is 13.2. The minimum Gasteiger partial charge on any atom is -0.480 e. The van der Waals surface area contributed by atoms with Gasteiger partial charge < -0.3 is 15.4 Å². The third kappa shape index (κ3) is 2.99. The number of nitrogens with one attached hydrogen (secondary N) is 1. The molecular formula is C9H17N5O3. The van der Waals surface area contributed by atoms with Crippen LogP contribution in [0.5, 0.6) is 0 Å². The summed E-state index contributed by atoms with van der Waals surface area (Å²) in [7, 11) is 3.11. The highest BCUT2D eigenvalue weighted by atomic mass is 16.4. The molecule has 0 unspecified atom stereocenters. The van der Waals surface area contributed by atoms with Crippen LogP contribution < -0.4 is 16.0 Å². The molecule has 0 saturated carbocycles. The van der Waals surface area contributed by atoms with Crippen molar-refractivity contribution in [2.24, 2.45) is 7.05 Å². The van der Waals surface area contributed by atoms with Crippen LogP contribution in [0.1, 0.15) is 13.8 Å². The van der Waals surface area contributed by atoms with Crippen LogP contribution in [0.2, 0.25) is 0 Å². The summed E-state index contributed by atoms with van der Waals surface area (Å²) in [4.78, 5) is 24.8. The van der Waals surface area contributed by atoms with Gasteiger partial charge in [-0.25, -0.2) is 4.79 Å². The summed E-state index contributed by atoms with van der Waals surface area (Å²) in [6.07, 6.45) is 0. The lowest BCUT2D eigenvalue weighted by atomic mass is 10.4. The lowest BCUT2D eigenvalue weighted by molar-refractivity contribution is -0.135. The van der Waals surface area contributed by atoms with Crippen molar-refractivity contribution in [1.82, 2.24) is 14.5 Å². The van der Waals surface area contributed by atoms with Crippen molar-refractivity contribution < 1.29 is 9.90 Å². The molecule has 0 bridgehead atoms. The molecular weight excluding hydrogens is 226 g/mol. The normalized spacial score (nSPS) is 10.6. The van der Waals surface area contributed by atoms with Crippen molar-refractivity contribution in [2.75, 3.05) is 23.9 Å². The Morgan fingerprint density at radius 2 is 2.18 bits per heavy atom. The van der Waals surface area contributed by atoms with E-state index in [0.29, 0.717) is 5.95 Å². The van der Waals surface area contributed by atoms with E-state index in [1.807, 2.05) is 13.8 Å². The maximum absolute atomic E-state index is 11.7. The first-order valence-electron chi connectivity index (χ1n) is 5.18. The first-order valence-corrected chi connectivity index (χ1v) is 5.18. The summed E-state index contributed by atoms with van der Waals surface area (Å²) in [5.41, 5.74) is 2.50. The second-order valence-corrected chi connectivity index (χ2v) is 4.09. The maximum Gasteiger partial charge on any atom is 0.366 e. The highest BCUT2D eigenvalue weighted by Crippen LogP contribution is 2.03. The van der Waals surface area contributed by atoms with Crippen LogP contribution >= 0.6 is 0 Å². The predicted octanol–water partition coefficient (Wildman–Crippen LogP) is -0.945. The van der Waals surface area contributed by atoms with Crippen molar-refractivity contribution in [2.45, 2.75) is 19.9 Å². The van der Waals surface area contributed by atoms with Gasteiger partial charge in [-0.05, 0) is 13.8 Å². The SMILES string of the molecule is CC(C)Nn1nc(N(C)CC(=O)O)n(C)c1=O. The van der Waals surface area contributed by atoms with E-state index < -0.39 is 5.97 Å². The molecule has 0 radical (unpaired) electrons. The quantitative estimate of drug-likeness (QED) is 0.693. The second kappa shape index (κ2) is 4.89. The third-order valence-corrected chi connectivity index (χ3v) is 2.05. The minimum absolute atomic E-state index is 0.0558. The Kier molecular flexibility index (Phi) is 3.77. The molecule has 1 aromatic rings. The zero-order valence-corrected chi connectivity index (χ0v) is 10.3. The number of aromatic nitrogens is 3. The Morgan fingerprint density at radius 1 is 1.59 bits per heavy atom. The Bertz CT molecular complexity index is 462. The average molecular weight is 243 g/mol. The molecule has 96 valence electrons. The first kappa shape index (κ1) is 13.1. The van der Waals surface area contributed by atoms with E-state index in [2.05, 4.69) is 10.5 Å². The van der Waals surface area contributed by atoms with Crippen molar-refractivity contribution in [3.8, 4) is 0 Å². The Labute approximate surface area is 98.4 Å². The largest absolute Gasteiger partial charge is 0.480 e. The van der Waals surface area contributed by atoms with Crippen molar-refractivity contribution in [3.63, 3.8) is 0 Å². The number of likely N-dealkylation sites (N-methyl/N-ethyl adjacent to an activating group) is 1. The van der Waals surface area contributed by atoms with E-state index in [1.54, 1.807) is 14.1 Å². The van der Waals surface area contributed by atoms with Gasteiger partial charge in [0.05, 0.1) is 0 Å². The van der Waals surface area contributed by atoms with E-state index in [4.69, 9.17) is 5.11 Å². The summed E-state index contributed by atoms with van der Waals surface area (Å²) < 4.78 is 1.29. The molecule has 0 spiro atoms. The fourth-order valence-corrected chi connectivity index (χ4v) is 1.36. The highest BCUT2D eigenvalue weighted by molar-refractivity contribution is 5.72. The number of anilines is 1. The van der Waals surface area contributed by atoms with Crippen LogP contribution in [-0.2, 0) is 11.8 Å². The van der Waals surface area contributed by atoms with E-state index in [0.717, 1.165) is 4.79 Å².